The molecule has 0 aliphatic carbocycles. The van der Waals surface area contributed by atoms with E-state index in [2.05, 4.69) is 80.6 Å². The Labute approximate surface area is 221 Å². The molecule has 0 rings (SSSR count). The van der Waals surface area contributed by atoms with E-state index in [1.807, 2.05) is 60.9 Å². The van der Waals surface area contributed by atoms with Crippen molar-refractivity contribution in [3.8, 4) is 0 Å². The predicted octanol–water partition coefficient (Wildman–Crippen LogP) is 9.88. The van der Waals surface area contributed by atoms with Crippen molar-refractivity contribution in [1.29, 1.82) is 0 Å². The first-order valence-electron chi connectivity index (χ1n) is 10.0. The van der Waals surface area contributed by atoms with E-state index in [-0.39, 0.29) is 24.0 Å². The van der Waals surface area contributed by atoms with Crippen molar-refractivity contribution < 1.29 is 0 Å². The van der Waals surface area contributed by atoms with Crippen molar-refractivity contribution in [3.63, 3.8) is 0 Å². The molecule has 0 nitrogen and oxygen atoms in total. The van der Waals surface area contributed by atoms with Crippen LogP contribution in [0.3, 0.4) is 0 Å². The van der Waals surface area contributed by atoms with Gasteiger partial charge in [-0.1, -0.05) is 75.7 Å². The Balaban J connectivity index is -0.0000000365. The summed E-state index contributed by atoms with van der Waals surface area (Å²) in [6.07, 6.45) is 1.25. The zero-order valence-corrected chi connectivity index (χ0v) is 27.4. The fourth-order valence-corrected chi connectivity index (χ4v) is 3.26. The lowest BCUT2D eigenvalue weighted by atomic mass is 10.6. The minimum atomic E-state index is 0. The highest BCUT2D eigenvalue weighted by molar-refractivity contribution is 14.0. The quantitative estimate of drug-likeness (QED) is 0.121. The summed E-state index contributed by atoms with van der Waals surface area (Å²) in [5, 5.41) is 1.27. The molecular formula is C20H53IS6. The van der Waals surface area contributed by atoms with Crippen molar-refractivity contribution in [3.05, 3.63) is 0 Å². The minimum Gasteiger partial charge on any atom is -0.180 e. The monoisotopic (exact) mass is 612 g/mol. The molecule has 0 aromatic carbocycles. The van der Waals surface area contributed by atoms with E-state index in [1.54, 1.807) is 0 Å². The van der Waals surface area contributed by atoms with Crippen LogP contribution in [0.4, 0.5) is 0 Å². The van der Waals surface area contributed by atoms with Gasteiger partial charge in [0.2, 0.25) is 0 Å². The molecule has 0 aliphatic rings. The van der Waals surface area contributed by atoms with Crippen LogP contribution in [-0.4, -0.2) is 51.1 Å². The molecule has 7 heteroatoms. The average Bonchev–Trinajstić information content (AvgIpc) is 2.60. The summed E-state index contributed by atoms with van der Waals surface area (Å²) in [5.41, 5.74) is 0. The second kappa shape index (κ2) is 78.8. The second-order valence-corrected chi connectivity index (χ2v) is 11.3. The molecule has 0 saturated carbocycles. The third-order valence-corrected chi connectivity index (χ3v) is 5.17. The molecule has 27 heavy (non-hydrogen) atoms. The molecule has 176 valence electrons. The number of halogens is 1. The fourth-order valence-electron chi connectivity index (χ4n) is 0.634. The lowest BCUT2D eigenvalue weighted by Crippen LogP contribution is -1.71. The Kier molecular flexibility index (Phi) is 139. The van der Waals surface area contributed by atoms with Gasteiger partial charge in [0.25, 0.3) is 0 Å². The van der Waals surface area contributed by atoms with Crippen molar-refractivity contribution in [2.45, 2.75) is 75.7 Å². The van der Waals surface area contributed by atoms with E-state index in [1.165, 1.54) is 46.0 Å². The number of rotatable bonds is 8. The molecule has 0 radical (unpaired) electrons. The van der Waals surface area contributed by atoms with E-state index in [4.69, 9.17) is 0 Å². The smallest absolute Gasteiger partial charge is 0.0391 e. The van der Waals surface area contributed by atoms with Crippen LogP contribution in [0.1, 0.15) is 75.7 Å². The van der Waals surface area contributed by atoms with Crippen molar-refractivity contribution >= 4 is 96.3 Å². The third-order valence-electron chi connectivity index (χ3n) is 1.39. The first kappa shape index (κ1) is 47.6. The number of hydrogen-bond acceptors (Lipinski definition) is 6. The normalized spacial score (nSPS) is 7.56. The Morgan fingerprint density at radius 2 is 0.593 bits per heavy atom. The molecule has 0 spiro atoms. The summed E-state index contributed by atoms with van der Waals surface area (Å²) < 4.78 is 0. The predicted molar refractivity (Wildman–Crippen MR) is 169 cm³/mol. The SMILES string of the molecule is CCC.CCS.CCS.CCSCC.CCSCC.CCSCSCC.I. The number of thiol groups is 2. The van der Waals surface area contributed by atoms with Crippen LogP contribution in [0.15, 0.2) is 0 Å². The first-order chi connectivity index (χ1) is 12.5. The number of hydrogen-bond donors (Lipinski definition) is 2. The summed E-state index contributed by atoms with van der Waals surface area (Å²) in [5.74, 6) is 9.44. The molecule has 0 unspecified atom stereocenters. The Bertz CT molecular complexity index is 114. The zero-order valence-electron chi connectivity index (χ0n) is 20.0. The minimum absolute atomic E-state index is 0. The van der Waals surface area contributed by atoms with Gasteiger partial charge in [-0.3, -0.25) is 0 Å². The van der Waals surface area contributed by atoms with E-state index in [9.17, 15) is 0 Å². The van der Waals surface area contributed by atoms with Gasteiger partial charge in [-0.25, -0.2) is 0 Å². The maximum absolute atomic E-state index is 3.79. The van der Waals surface area contributed by atoms with Crippen LogP contribution in [0.2, 0.25) is 0 Å². The largest absolute Gasteiger partial charge is 0.180 e. The highest BCUT2D eigenvalue weighted by atomic mass is 127. The Hall–Kier alpha value is 2.83. The maximum Gasteiger partial charge on any atom is 0.0391 e. The molecule has 0 amide bonds. The average molecular weight is 613 g/mol. The summed E-state index contributed by atoms with van der Waals surface area (Å²) in [7, 11) is 0. The topological polar surface area (TPSA) is 0 Å². The van der Waals surface area contributed by atoms with E-state index in [0.29, 0.717) is 0 Å². The molecule has 0 aliphatic heterocycles. The van der Waals surface area contributed by atoms with Crippen LogP contribution in [-0.2, 0) is 0 Å². The fraction of sp³-hybridized carbons (Fsp3) is 1.00. The van der Waals surface area contributed by atoms with Gasteiger partial charge in [0.15, 0.2) is 0 Å². The molecule has 0 fully saturated rings. The Morgan fingerprint density at radius 3 is 0.667 bits per heavy atom. The zero-order chi connectivity index (χ0) is 21.9. The van der Waals surface area contributed by atoms with Crippen LogP contribution in [0.5, 0.6) is 0 Å². The molecule has 0 atom stereocenters. The van der Waals surface area contributed by atoms with Gasteiger partial charge in [-0.2, -0.15) is 72.3 Å². The van der Waals surface area contributed by atoms with Gasteiger partial charge >= 0.3 is 0 Å². The molecule has 0 heterocycles. The standard InChI is InChI=1S/C5H12S2.2C4H10S.C3H8.2C2H6S.HI/c1-3-6-5-7-4-2;2*1-3-5-4-2;1-3-2;2*1-2-3;/h3-5H2,1-2H3;2*3-4H2,1-2H3;3H2,1-2H3;2*3H,2H2,1H3;1H. The van der Waals surface area contributed by atoms with Gasteiger partial charge in [0, 0.05) is 5.08 Å². The van der Waals surface area contributed by atoms with Gasteiger partial charge in [-0.05, 0) is 46.0 Å². The van der Waals surface area contributed by atoms with Gasteiger partial charge < -0.3 is 0 Å². The summed E-state index contributed by atoms with van der Waals surface area (Å²) in [6, 6.07) is 0. The van der Waals surface area contributed by atoms with E-state index >= 15 is 0 Å². The van der Waals surface area contributed by atoms with Crippen molar-refractivity contribution in [2.24, 2.45) is 0 Å². The summed E-state index contributed by atoms with van der Waals surface area (Å²) in [6.45, 7) is 21.3. The molecular weight excluding hydrogens is 560 g/mol. The lowest BCUT2D eigenvalue weighted by Gasteiger charge is -1.91. The van der Waals surface area contributed by atoms with Crippen molar-refractivity contribution in [1.82, 2.24) is 0 Å². The second-order valence-electron chi connectivity index (χ2n) is 4.01. The van der Waals surface area contributed by atoms with Gasteiger partial charge in [0.05, 0.1) is 0 Å². The summed E-state index contributed by atoms with van der Waals surface area (Å²) in [4.78, 5) is 0. The van der Waals surface area contributed by atoms with E-state index < -0.39 is 0 Å². The summed E-state index contributed by atoms with van der Waals surface area (Å²) >= 11 is 15.5. The van der Waals surface area contributed by atoms with Crippen LogP contribution in [0, 0.1) is 0 Å². The molecule has 0 saturated heterocycles. The molecule has 0 N–H and O–H groups in total. The highest BCUT2D eigenvalue weighted by Gasteiger charge is 1.79. The van der Waals surface area contributed by atoms with Gasteiger partial charge in [0.1, 0.15) is 0 Å². The Morgan fingerprint density at radius 1 is 0.444 bits per heavy atom. The van der Waals surface area contributed by atoms with Crippen LogP contribution >= 0.6 is 96.3 Å². The van der Waals surface area contributed by atoms with Crippen LogP contribution in [0.25, 0.3) is 0 Å². The first-order valence-corrected chi connectivity index (χ1v) is 15.9. The number of thioether (sulfide) groups is 4. The van der Waals surface area contributed by atoms with Crippen molar-refractivity contribution in [2.75, 3.05) is 51.1 Å². The third kappa shape index (κ3) is 177. The molecule has 0 bridgehead atoms. The maximum atomic E-state index is 3.79. The van der Waals surface area contributed by atoms with Gasteiger partial charge in [-0.15, -0.1) is 24.0 Å². The molecule has 0 aromatic heterocycles. The highest BCUT2D eigenvalue weighted by Crippen LogP contribution is 2.09. The molecule has 0 aromatic rings. The van der Waals surface area contributed by atoms with E-state index in [0.717, 1.165) is 11.5 Å². The van der Waals surface area contributed by atoms with Crippen LogP contribution < -0.4 is 0 Å². The lowest BCUT2D eigenvalue weighted by molar-refractivity contribution is 1.09.